The van der Waals surface area contributed by atoms with E-state index in [0.29, 0.717) is 56.8 Å². The van der Waals surface area contributed by atoms with Gasteiger partial charge in [-0.2, -0.15) is 0 Å². The zero-order chi connectivity index (χ0) is 32.2. The molecule has 0 radical (unpaired) electrons. The highest BCUT2D eigenvalue weighted by molar-refractivity contribution is 6.31. The van der Waals surface area contributed by atoms with Crippen LogP contribution in [0.15, 0.2) is 77.9 Å². The molecule has 10 heteroatoms. The molecule has 2 aliphatic heterocycles. The number of amides is 1. The van der Waals surface area contributed by atoms with E-state index < -0.39 is 0 Å². The fraction of sp³-hybridized carbons (Fsp3) is 0.306. The minimum atomic E-state index is -0.363. The number of carbonyl (C=O) groups is 1. The molecule has 0 spiro atoms. The number of nitrogens with one attached hydrogen (secondary N) is 4. The van der Waals surface area contributed by atoms with Crippen molar-refractivity contribution in [2.75, 3.05) is 5.32 Å². The summed E-state index contributed by atoms with van der Waals surface area (Å²) >= 11 is 6.38. The number of carbonyl (C=O) groups excluding carboxylic acids is 1. The van der Waals surface area contributed by atoms with E-state index in [1.165, 1.54) is 6.07 Å². The summed E-state index contributed by atoms with van der Waals surface area (Å²) in [5, 5.41) is 18.8. The van der Waals surface area contributed by atoms with Crippen LogP contribution < -0.4 is 16.0 Å². The van der Waals surface area contributed by atoms with Gasteiger partial charge in [-0.05, 0) is 81.1 Å². The molecule has 0 bridgehead atoms. The van der Waals surface area contributed by atoms with Crippen molar-refractivity contribution in [3.63, 3.8) is 0 Å². The third-order valence-corrected chi connectivity index (χ3v) is 8.85. The van der Waals surface area contributed by atoms with Gasteiger partial charge in [-0.15, -0.1) is 0 Å². The molecular formula is C36H37ClFN7O. The van der Waals surface area contributed by atoms with Crippen LogP contribution in [-0.2, 0) is 6.54 Å². The van der Waals surface area contributed by atoms with Crippen molar-refractivity contribution < 1.29 is 9.18 Å². The average Bonchev–Trinajstić information content (AvgIpc) is 3.33. The maximum Gasteiger partial charge on any atom is 0.256 e. The quantitative estimate of drug-likeness (QED) is 0.123. The molecule has 8 nitrogen and oxygen atoms in total. The predicted octanol–water partition coefficient (Wildman–Crippen LogP) is 7.68. The van der Waals surface area contributed by atoms with Gasteiger partial charge < -0.3 is 16.0 Å². The molecule has 236 valence electrons. The first kappa shape index (κ1) is 31.5. The number of amidine groups is 1. The molecule has 0 aliphatic carbocycles. The molecule has 1 fully saturated rings. The molecule has 3 atom stereocenters. The highest BCUT2D eigenvalue weighted by Crippen LogP contribution is 2.34. The Balaban J connectivity index is 1.16. The molecule has 3 heterocycles. The van der Waals surface area contributed by atoms with Crippen LogP contribution in [0.1, 0.15) is 73.0 Å². The number of aliphatic imine (C=N–C) groups is 1. The van der Waals surface area contributed by atoms with E-state index >= 15 is 0 Å². The van der Waals surface area contributed by atoms with Gasteiger partial charge in [0.1, 0.15) is 11.7 Å². The van der Waals surface area contributed by atoms with Crippen LogP contribution in [0.4, 0.5) is 16.0 Å². The van der Waals surface area contributed by atoms with E-state index in [2.05, 4.69) is 34.8 Å². The molecule has 1 amide bonds. The molecule has 0 saturated carbocycles. The molecular weight excluding hydrogens is 601 g/mol. The Hall–Kier alpha value is -4.47. The third kappa shape index (κ3) is 7.00. The molecule has 6 rings (SSSR count). The van der Waals surface area contributed by atoms with Crippen LogP contribution in [0.25, 0.3) is 11.3 Å². The van der Waals surface area contributed by atoms with Crippen molar-refractivity contribution >= 4 is 40.7 Å². The summed E-state index contributed by atoms with van der Waals surface area (Å²) in [5.74, 6) is 0.00521. The fourth-order valence-corrected chi connectivity index (χ4v) is 6.51. The van der Waals surface area contributed by atoms with Crippen LogP contribution >= 0.6 is 11.6 Å². The van der Waals surface area contributed by atoms with Gasteiger partial charge in [0, 0.05) is 62.7 Å². The maximum absolute atomic E-state index is 14.8. The molecule has 3 unspecified atom stereocenters. The summed E-state index contributed by atoms with van der Waals surface area (Å²) in [7, 11) is 0. The summed E-state index contributed by atoms with van der Waals surface area (Å²) in [5.41, 5.74) is 5.01. The largest absolute Gasteiger partial charge is 0.324 e. The second-order valence-electron chi connectivity index (χ2n) is 12.0. The molecule has 4 N–H and O–H groups in total. The van der Waals surface area contributed by atoms with E-state index in [1.54, 1.807) is 60.8 Å². The SMILES string of the molecule is CCCC1CCC(C(=N)NC(=O)c2ccc(Nc3ncc4c(n3)-c3ccc(Cl)cc3C(c3ccccc3F)=NC4)cc2)CC(C)N1. The van der Waals surface area contributed by atoms with Crippen molar-refractivity contribution in [3.05, 3.63) is 106 Å². The summed E-state index contributed by atoms with van der Waals surface area (Å²) in [6, 6.07) is 19.8. The number of halogens is 2. The Kier molecular flexibility index (Phi) is 9.51. The minimum absolute atomic E-state index is 0.0222. The summed E-state index contributed by atoms with van der Waals surface area (Å²) in [4.78, 5) is 27.1. The molecule has 4 aromatic rings. The van der Waals surface area contributed by atoms with Crippen molar-refractivity contribution in [1.82, 2.24) is 20.6 Å². The van der Waals surface area contributed by atoms with Gasteiger partial charge >= 0.3 is 0 Å². The number of nitrogens with zero attached hydrogens (tertiary/aromatic N) is 3. The van der Waals surface area contributed by atoms with Gasteiger partial charge in [0.25, 0.3) is 5.91 Å². The van der Waals surface area contributed by atoms with Gasteiger partial charge in [-0.1, -0.05) is 43.1 Å². The van der Waals surface area contributed by atoms with E-state index in [4.69, 9.17) is 27.0 Å². The van der Waals surface area contributed by atoms with Gasteiger partial charge in [-0.3, -0.25) is 15.2 Å². The number of rotatable bonds is 7. The first-order valence-corrected chi connectivity index (χ1v) is 16.1. The molecule has 2 aliphatic rings. The monoisotopic (exact) mass is 637 g/mol. The smallest absolute Gasteiger partial charge is 0.256 e. The number of fused-ring (bicyclic) bond motifs is 3. The van der Waals surface area contributed by atoms with Gasteiger partial charge in [0.15, 0.2) is 0 Å². The lowest BCUT2D eigenvalue weighted by molar-refractivity contribution is 0.0974. The summed E-state index contributed by atoms with van der Waals surface area (Å²) in [6.45, 7) is 4.62. The van der Waals surface area contributed by atoms with Gasteiger partial charge in [-0.25, -0.2) is 14.4 Å². The lowest BCUT2D eigenvalue weighted by atomic mass is 9.94. The van der Waals surface area contributed by atoms with Crippen LogP contribution in [0.5, 0.6) is 0 Å². The first-order valence-electron chi connectivity index (χ1n) is 15.8. The van der Waals surface area contributed by atoms with Crippen molar-refractivity contribution in [2.24, 2.45) is 10.9 Å². The molecule has 46 heavy (non-hydrogen) atoms. The van der Waals surface area contributed by atoms with Gasteiger partial charge in [0.05, 0.1) is 18.0 Å². The van der Waals surface area contributed by atoms with Gasteiger partial charge in [0.2, 0.25) is 5.95 Å². The molecule has 1 saturated heterocycles. The normalized spacial score (nSPS) is 19.1. The Bertz CT molecular complexity index is 1790. The number of hydrogen-bond acceptors (Lipinski definition) is 7. The van der Waals surface area contributed by atoms with Crippen LogP contribution in [-0.4, -0.2) is 39.5 Å². The van der Waals surface area contributed by atoms with Crippen molar-refractivity contribution in [2.45, 2.75) is 64.6 Å². The first-order chi connectivity index (χ1) is 22.3. The Labute approximate surface area is 273 Å². The van der Waals surface area contributed by atoms with Crippen molar-refractivity contribution in [3.8, 4) is 11.3 Å². The second kappa shape index (κ2) is 13.9. The zero-order valence-corrected chi connectivity index (χ0v) is 26.7. The molecule has 1 aromatic heterocycles. The summed E-state index contributed by atoms with van der Waals surface area (Å²) < 4.78 is 14.8. The fourth-order valence-electron chi connectivity index (χ4n) is 6.34. The van der Waals surface area contributed by atoms with E-state index in [0.717, 1.165) is 43.2 Å². The molecule has 3 aromatic carbocycles. The maximum atomic E-state index is 14.8. The highest BCUT2D eigenvalue weighted by Gasteiger charge is 2.26. The Morgan fingerprint density at radius 3 is 2.65 bits per heavy atom. The number of anilines is 2. The average molecular weight is 638 g/mol. The minimum Gasteiger partial charge on any atom is -0.324 e. The number of hydrogen-bond donors (Lipinski definition) is 4. The second-order valence-corrected chi connectivity index (χ2v) is 12.5. The number of aromatic nitrogens is 2. The lowest BCUT2D eigenvalue weighted by Crippen LogP contribution is -2.37. The van der Waals surface area contributed by atoms with Crippen molar-refractivity contribution in [1.29, 1.82) is 5.41 Å². The predicted molar refractivity (Wildman–Crippen MR) is 182 cm³/mol. The van der Waals surface area contributed by atoms with Crippen LogP contribution in [0, 0.1) is 17.1 Å². The standard InChI is InChI=1S/C36H37ClFN7O/c1-3-6-26-15-11-23(17-21(2)42-26)34(39)45-35(46)22-9-13-27(14-10-22)43-36-41-20-24-19-40-33(29-7-4-5-8-31(29)38)30-18-25(37)12-16-28(30)32(24)44-36/h4-5,7-10,12-14,16,18,20-21,23,26,42H,3,6,11,15,17,19H2,1-2H3,(H2,39,45,46)(H,41,43,44). The van der Waals surface area contributed by atoms with Crippen LogP contribution in [0.3, 0.4) is 0 Å². The summed E-state index contributed by atoms with van der Waals surface area (Å²) in [6.07, 6.45) is 6.70. The van der Waals surface area contributed by atoms with E-state index in [9.17, 15) is 9.18 Å². The van der Waals surface area contributed by atoms with E-state index in [-0.39, 0.29) is 30.0 Å². The Morgan fingerprint density at radius 2 is 1.87 bits per heavy atom. The van der Waals surface area contributed by atoms with Crippen LogP contribution in [0.2, 0.25) is 5.02 Å². The third-order valence-electron chi connectivity index (χ3n) is 8.61. The topological polar surface area (TPSA) is 115 Å². The number of benzene rings is 3. The lowest BCUT2D eigenvalue weighted by Gasteiger charge is -2.19. The van der Waals surface area contributed by atoms with E-state index in [1.807, 2.05) is 6.07 Å². The zero-order valence-electron chi connectivity index (χ0n) is 25.9. The highest BCUT2D eigenvalue weighted by atomic mass is 35.5. The Morgan fingerprint density at radius 1 is 1.07 bits per heavy atom.